The molecule has 0 spiro atoms. The lowest BCUT2D eigenvalue weighted by Gasteiger charge is -2.39. The van der Waals surface area contributed by atoms with E-state index >= 15 is 4.79 Å². The van der Waals surface area contributed by atoms with E-state index in [2.05, 4.69) is 58.4 Å². The zero-order chi connectivity index (χ0) is 91.6. The molecule has 1 unspecified atom stereocenters. The van der Waals surface area contributed by atoms with Crippen molar-refractivity contribution in [3.8, 4) is 5.75 Å². The highest BCUT2D eigenvalue weighted by atomic mass is 33.1. The number of amides is 12. The van der Waals surface area contributed by atoms with Gasteiger partial charge in [-0.2, -0.15) is 0 Å². The van der Waals surface area contributed by atoms with Crippen LogP contribution in [0, 0.1) is 17.8 Å². The number of esters is 2. The van der Waals surface area contributed by atoms with Gasteiger partial charge in [0.15, 0.2) is 12.8 Å². The lowest BCUT2D eigenvalue weighted by atomic mass is 9.92. The number of aromatic hydroxyl groups is 1. The van der Waals surface area contributed by atoms with E-state index in [9.17, 15) is 112 Å². The van der Waals surface area contributed by atoms with Gasteiger partial charge in [-0.3, -0.25) is 67.9 Å². The molecule has 1 aliphatic rings. The molecule has 1 aliphatic heterocycles. The standard InChI is InChI=1S/C78H112N14O28S3/c1-9-15-64(102)119-41-92(72(108)65(43(5)10-2)88-70(107)57-17-12-14-29-91(57)8)58(42(3)4)37-59(120-45(7)93)71-85-55(39-121-71)69(106)81-49(33-46-22-24-50(94)25-23-46)32-44(6)66(103)89-90-78(117)118-30-31-122-123-40-56(75(113)114)84-68(105)54(36-63(100)101)83-67(104)53(35-62(98)99)82-60(95)34-47-18-20-48(21-19-47)38-80-76(115)79-28-13-11-16-51(73(109)110)86-77(116)87-52(74(111)112)26-27-61(96)97/h18-25,39,42-44,49,51-54,56-59,65,94H,9-17,26-38,40-41H2,1-8H3,(H,81,106)(H,82,95)(H,83,104)(H,84,105)(H,88,107)(H,89,103)(H,90,117)(H,96,97)(H,98,99)(H,100,101)(H,109,110)(H,111,112)(H,113,114)(H2,79,80,115)(H2,86,87,116)/t43?,44-,49+,51-,52-,53+,54+,56-,57+,58+,59+,65-/m0/s1. The van der Waals surface area contributed by atoms with E-state index in [0.717, 1.165) is 45.8 Å². The van der Waals surface area contributed by atoms with Crippen molar-refractivity contribution in [2.75, 3.05) is 45.0 Å². The van der Waals surface area contributed by atoms with Crippen LogP contribution in [0.25, 0.3) is 0 Å². The molecule has 1 aromatic heterocycles. The maximum absolute atomic E-state index is 15.0. The first kappa shape index (κ1) is 104. The van der Waals surface area contributed by atoms with E-state index in [1.54, 1.807) is 19.1 Å². The van der Waals surface area contributed by atoms with Crippen LogP contribution in [0.3, 0.4) is 0 Å². The number of carbonyl (C=O) groups excluding carboxylic acids is 12. The average molecular weight is 1790 g/mol. The number of carboxylic acids is 6. The molecule has 680 valence electrons. The summed E-state index contributed by atoms with van der Waals surface area (Å²) >= 11 is 1.000. The Morgan fingerprint density at radius 3 is 1.83 bits per heavy atom. The minimum atomic E-state index is -2.00. The van der Waals surface area contributed by atoms with Crippen LogP contribution in [0.1, 0.15) is 183 Å². The van der Waals surface area contributed by atoms with Gasteiger partial charge < -0.3 is 103 Å². The van der Waals surface area contributed by atoms with Crippen molar-refractivity contribution in [1.82, 2.24) is 73.5 Å². The topological polar surface area (TPSA) is 628 Å². The number of hydrogen-bond donors (Lipinski definition) is 18. The largest absolute Gasteiger partial charge is 0.508 e. The number of aliphatic carboxylic acids is 6. The number of hydrogen-bond acceptors (Lipinski definition) is 27. The summed E-state index contributed by atoms with van der Waals surface area (Å²) in [6, 6.07) is -1.38. The van der Waals surface area contributed by atoms with Crippen LogP contribution < -0.4 is 58.7 Å². The predicted octanol–water partition coefficient (Wildman–Crippen LogP) is 3.29. The number of likely N-dealkylation sites (N-methyl/N-ethyl adjacent to an activating group) is 1. The molecule has 2 aromatic carbocycles. The number of phenolic OH excluding ortho intramolecular Hbond substituents is 1. The number of unbranched alkanes of at least 4 members (excludes halogenated alkanes) is 1. The van der Waals surface area contributed by atoms with Gasteiger partial charge in [-0.05, 0) is 112 Å². The summed E-state index contributed by atoms with van der Waals surface area (Å²) in [6.45, 7) is 11.9. The third-order valence-corrected chi connectivity index (χ3v) is 22.6. The fourth-order valence-electron chi connectivity index (χ4n) is 12.4. The number of phenols is 1. The van der Waals surface area contributed by atoms with Crippen molar-refractivity contribution < 1.29 is 136 Å². The Bertz CT molecular complexity index is 4110. The zero-order valence-electron chi connectivity index (χ0n) is 69.4. The van der Waals surface area contributed by atoms with Crippen molar-refractivity contribution >= 4 is 140 Å². The van der Waals surface area contributed by atoms with Crippen molar-refractivity contribution in [3.05, 3.63) is 81.3 Å². The van der Waals surface area contributed by atoms with E-state index in [4.69, 9.17) is 19.3 Å². The molecular weight excluding hydrogens is 1680 g/mol. The Hall–Kier alpha value is -11.6. The number of urea groups is 2. The molecule has 3 aromatic rings. The molecule has 0 bridgehead atoms. The molecule has 0 aliphatic carbocycles. The number of benzene rings is 2. The number of thiazole rings is 1. The summed E-state index contributed by atoms with van der Waals surface area (Å²) in [5.74, 6) is -18.2. The molecular formula is C78H112N14O28S3. The Morgan fingerprint density at radius 1 is 0.634 bits per heavy atom. The minimum Gasteiger partial charge on any atom is -0.508 e. The van der Waals surface area contributed by atoms with E-state index in [1.165, 1.54) is 60.5 Å². The Balaban J connectivity index is 1.29. The zero-order valence-corrected chi connectivity index (χ0v) is 71.9. The number of ether oxygens (including phenoxy) is 3. The normalized spacial score (nSPS) is 15.2. The van der Waals surface area contributed by atoms with E-state index in [1.807, 2.05) is 45.0 Å². The first-order valence-electron chi connectivity index (χ1n) is 39.7. The Morgan fingerprint density at radius 2 is 1.24 bits per heavy atom. The third kappa shape index (κ3) is 39.0. The maximum atomic E-state index is 15.0. The lowest BCUT2D eigenvalue weighted by molar-refractivity contribution is -0.161. The summed E-state index contributed by atoms with van der Waals surface area (Å²) in [4.78, 5) is 238. The van der Waals surface area contributed by atoms with Gasteiger partial charge in [-0.1, -0.05) is 112 Å². The number of carboxylic acid groups (broad SMARTS) is 6. The number of aromatic nitrogens is 1. The van der Waals surface area contributed by atoms with Gasteiger partial charge in [0.1, 0.15) is 59.3 Å². The molecule has 1 fully saturated rings. The molecule has 12 amide bonds. The van der Waals surface area contributed by atoms with Crippen LogP contribution >= 0.6 is 32.9 Å². The van der Waals surface area contributed by atoms with Gasteiger partial charge in [0.05, 0.1) is 25.3 Å². The second-order valence-corrected chi connectivity index (χ2v) is 33.0. The van der Waals surface area contributed by atoms with Crippen LogP contribution in [0.2, 0.25) is 0 Å². The first-order chi connectivity index (χ1) is 58.2. The second-order valence-electron chi connectivity index (χ2n) is 29.5. The number of rotatable bonds is 54. The Labute approximate surface area is 720 Å². The van der Waals surface area contributed by atoms with Crippen LogP contribution in [0.4, 0.5) is 14.4 Å². The smallest absolute Gasteiger partial charge is 0.426 e. The highest BCUT2D eigenvalue weighted by Gasteiger charge is 2.41. The van der Waals surface area contributed by atoms with E-state index in [-0.39, 0.29) is 110 Å². The SMILES string of the molecule is CCCC(=O)OCN(C(=O)[C@@H](NC(=O)[C@H]1CCCCN1C)C(C)CC)[C@H](C[C@@H](OC(C)=O)c1nc(C(=O)N[C@@H](Cc2ccc(O)cc2)C[C@H](C)C(=O)NNC(=O)OCCSSC[C@H](NC(=O)[C@@H](CC(=O)O)NC(=O)[C@@H](CC(=O)O)NC(=O)Cc2ccc(CNC(=O)NCCCC[C@H](NC(=O)N[C@@H](CCC(=O)O)C(=O)O)C(=O)O)cc2)C(=O)O)cs1)C(C)C. The Kier molecular flexibility index (Phi) is 45.6. The highest BCUT2D eigenvalue weighted by molar-refractivity contribution is 8.76. The molecule has 1 saturated heterocycles. The third-order valence-electron chi connectivity index (χ3n) is 19.3. The van der Waals surface area contributed by atoms with Gasteiger partial charge in [0, 0.05) is 74.2 Å². The lowest BCUT2D eigenvalue weighted by Crippen LogP contribution is -2.59. The summed E-state index contributed by atoms with van der Waals surface area (Å²) < 4.78 is 16.7. The molecule has 0 saturated carbocycles. The quantitative estimate of drug-likeness (QED) is 0.00962. The highest BCUT2D eigenvalue weighted by Crippen LogP contribution is 2.33. The summed E-state index contributed by atoms with van der Waals surface area (Å²) in [6.07, 6.45) is -2.14. The van der Waals surface area contributed by atoms with Crippen LogP contribution in [0.5, 0.6) is 5.75 Å². The molecule has 42 nitrogen and oxygen atoms in total. The molecule has 123 heavy (non-hydrogen) atoms. The number of carbonyl (C=O) groups is 18. The van der Waals surface area contributed by atoms with Gasteiger partial charge >= 0.3 is 65.9 Å². The van der Waals surface area contributed by atoms with Crippen molar-refractivity contribution in [2.45, 2.75) is 225 Å². The monoisotopic (exact) mass is 1790 g/mol. The number of hydrazine groups is 1. The fraction of sp³-hybridized carbons (Fsp3) is 0.577. The summed E-state index contributed by atoms with van der Waals surface area (Å²) in [7, 11) is 3.70. The molecule has 12 atom stereocenters. The fourth-order valence-corrected chi connectivity index (χ4v) is 15.3. The van der Waals surface area contributed by atoms with Crippen molar-refractivity contribution in [2.24, 2.45) is 17.8 Å². The molecule has 0 radical (unpaired) electrons. The number of nitrogens with zero attached hydrogens (tertiary/aromatic N) is 3. The average Bonchev–Trinajstić information content (AvgIpc) is 1.60. The van der Waals surface area contributed by atoms with Crippen molar-refractivity contribution in [3.63, 3.8) is 0 Å². The molecule has 2 heterocycles. The summed E-state index contributed by atoms with van der Waals surface area (Å²) in [5.41, 5.74) is 5.82. The van der Waals surface area contributed by atoms with Crippen LogP contribution in [-0.4, -0.2) is 257 Å². The maximum Gasteiger partial charge on any atom is 0.426 e. The van der Waals surface area contributed by atoms with E-state index in [0.29, 0.717) is 42.5 Å². The molecule has 18 N–H and O–H groups in total. The number of piperidine rings is 1. The van der Waals surface area contributed by atoms with Gasteiger partial charge in [0.25, 0.3) is 5.91 Å². The van der Waals surface area contributed by atoms with Crippen LogP contribution in [0.15, 0.2) is 53.9 Å². The molecule has 4 rings (SSSR count). The van der Waals surface area contributed by atoms with Crippen molar-refractivity contribution in [1.29, 1.82) is 0 Å². The predicted molar refractivity (Wildman–Crippen MR) is 442 cm³/mol. The number of nitrogens with one attached hydrogen (secondary N) is 11. The number of likely N-dealkylation sites (tertiary alicyclic amines) is 1. The van der Waals surface area contributed by atoms with E-state index < -0.39 is 207 Å². The van der Waals surface area contributed by atoms with Gasteiger partial charge in [0.2, 0.25) is 35.4 Å². The van der Waals surface area contributed by atoms with Gasteiger partial charge in [-0.15, -0.1) is 11.3 Å². The minimum absolute atomic E-state index is 0.00261. The first-order valence-corrected chi connectivity index (χ1v) is 43.1. The van der Waals surface area contributed by atoms with Gasteiger partial charge in [-0.25, -0.2) is 39.2 Å². The second kappa shape index (κ2) is 54.0. The molecule has 45 heteroatoms. The van der Waals surface area contributed by atoms with Crippen LogP contribution in [-0.2, 0) is 101 Å². The summed E-state index contributed by atoms with van der Waals surface area (Å²) in [5, 5.41) is 90.2.